The molecule has 1 aliphatic heterocycles. The molecule has 0 spiro atoms. The summed E-state index contributed by atoms with van der Waals surface area (Å²) >= 11 is 3.63. The minimum Gasteiger partial charge on any atom is -0.105 e. The van der Waals surface area contributed by atoms with Gasteiger partial charge in [-0.15, -0.1) is 23.5 Å². The average Bonchev–Trinajstić information content (AvgIpc) is 2.21. The van der Waals surface area contributed by atoms with E-state index >= 15 is 0 Å². The highest BCUT2D eigenvalue weighted by Crippen LogP contribution is 2.33. The first-order valence-electron chi connectivity index (χ1n) is 4.46. The molecule has 0 aromatic carbocycles. The molecule has 13 heavy (non-hydrogen) atoms. The van der Waals surface area contributed by atoms with E-state index in [1.165, 1.54) is 17.7 Å². The Balaban J connectivity index is 1.93. The molecule has 0 atom stereocenters. The molecular formula is C11H12S2. The standard InChI is InChI=1S/C11H12S2/c1-2-4-10(5-3-1)8-11-9-12-6-7-13-11/h1-2,4,6-7,9H,3,5,8H2. The summed E-state index contributed by atoms with van der Waals surface area (Å²) in [6.07, 6.45) is 10.3. The summed E-state index contributed by atoms with van der Waals surface area (Å²) < 4.78 is 0. The van der Waals surface area contributed by atoms with Gasteiger partial charge in [0.05, 0.1) is 0 Å². The SMILES string of the molecule is C1=CCCC(CC2=CSC=CS2)=C1. The van der Waals surface area contributed by atoms with Gasteiger partial charge in [0.25, 0.3) is 0 Å². The highest BCUT2D eigenvalue weighted by atomic mass is 32.2. The van der Waals surface area contributed by atoms with E-state index in [0.717, 1.165) is 6.42 Å². The minimum atomic E-state index is 1.15. The molecule has 0 radical (unpaired) electrons. The summed E-state index contributed by atoms with van der Waals surface area (Å²) in [6, 6.07) is 0. The van der Waals surface area contributed by atoms with Crippen molar-refractivity contribution in [1.29, 1.82) is 0 Å². The maximum atomic E-state index is 2.26. The Morgan fingerprint density at radius 3 is 3.00 bits per heavy atom. The van der Waals surface area contributed by atoms with Crippen LogP contribution in [0.5, 0.6) is 0 Å². The lowest BCUT2D eigenvalue weighted by Gasteiger charge is -2.11. The Bertz CT molecular complexity index is 295. The molecule has 0 aromatic rings. The van der Waals surface area contributed by atoms with Crippen LogP contribution in [0.25, 0.3) is 0 Å². The second-order valence-electron chi connectivity index (χ2n) is 3.08. The van der Waals surface area contributed by atoms with Crippen molar-refractivity contribution < 1.29 is 0 Å². The Morgan fingerprint density at radius 2 is 2.31 bits per heavy atom. The summed E-state index contributed by atoms with van der Waals surface area (Å²) in [6.45, 7) is 0. The van der Waals surface area contributed by atoms with E-state index in [4.69, 9.17) is 0 Å². The number of hydrogen-bond donors (Lipinski definition) is 0. The van der Waals surface area contributed by atoms with Crippen molar-refractivity contribution in [2.45, 2.75) is 19.3 Å². The van der Waals surface area contributed by atoms with E-state index in [1.54, 1.807) is 17.3 Å². The van der Waals surface area contributed by atoms with E-state index in [-0.39, 0.29) is 0 Å². The van der Waals surface area contributed by atoms with Crippen LogP contribution in [-0.4, -0.2) is 0 Å². The van der Waals surface area contributed by atoms with Gasteiger partial charge in [-0.2, -0.15) is 0 Å². The highest BCUT2D eigenvalue weighted by Gasteiger charge is 2.05. The van der Waals surface area contributed by atoms with Gasteiger partial charge in [-0.3, -0.25) is 0 Å². The van der Waals surface area contributed by atoms with Crippen LogP contribution in [0.4, 0.5) is 0 Å². The normalized spacial score (nSPS) is 21.2. The van der Waals surface area contributed by atoms with E-state index in [2.05, 4.69) is 34.5 Å². The fourth-order valence-corrected chi connectivity index (χ4v) is 3.02. The number of thioether (sulfide) groups is 2. The lowest BCUT2D eigenvalue weighted by Crippen LogP contribution is -1.89. The zero-order chi connectivity index (χ0) is 8.93. The number of rotatable bonds is 2. The lowest BCUT2D eigenvalue weighted by molar-refractivity contribution is 0.922. The number of allylic oxidation sites excluding steroid dienone is 5. The molecule has 2 rings (SSSR count). The van der Waals surface area contributed by atoms with Crippen LogP contribution in [0.2, 0.25) is 0 Å². The predicted molar refractivity (Wildman–Crippen MR) is 63.5 cm³/mol. The van der Waals surface area contributed by atoms with Gasteiger partial charge >= 0.3 is 0 Å². The maximum absolute atomic E-state index is 2.26. The number of hydrogen-bond acceptors (Lipinski definition) is 2. The first-order valence-corrected chi connectivity index (χ1v) is 6.28. The van der Waals surface area contributed by atoms with Gasteiger partial charge in [-0.25, -0.2) is 0 Å². The molecule has 68 valence electrons. The van der Waals surface area contributed by atoms with E-state index < -0.39 is 0 Å². The zero-order valence-corrected chi connectivity index (χ0v) is 9.03. The summed E-state index contributed by atoms with van der Waals surface area (Å²) in [5.41, 5.74) is 1.57. The zero-order valence-electron chi connectivity index (χ0n) is 7.40. The summed E-state index contributed by atoms with van der Waals surface area (Å²) in [5.74, 6) is 0. The molecular weight excluding hydrogens is 196 g/mol. The van der Waals surface area contributed by atoms with Crippen LogP contribution in [0, 0.1) is 0 Å². The van der Waals surface area contributed by atoms with Crippen molar-refractivity contribution in [3.05, 3.63) is 44.9 Å². The van der Waals surface area contributed by atoms with E-state index in [9.17, 15) is 0 Å². The lowest BCUT2D eigenvalue weighted by atomic mass is 10.0. The van der Waals surface area contributed by atoms with Crippen LogP contribution >= 0.6 is 23.5 Å². The summed E-state index contributed by atoms with van der Waals surface area (Å²) in [5, 5.41) is 6.55. The summed E-state index contributed by atoms with van der Waals surface area (Å²) in [4.78, 5) is 1.48. The Kier molecular flexibility index (Phi) is 3.39. The molecule has 0 saturated carbocycles. The third-order valence-electron chi connectivity index (χ3n) is 2.05. The molecule has 1 heterocycles. The van der Waals surface area contributed by atoms with Gasteiger partial charge < -0.3 is 0 Å². The van der Waals surface area contributed by atoms with Gasteiger partial charge in [0.15, 0.2) is 0 Å². The van der Waals surface area contributed by atoms with Gasteiger partial charge in [-0.05, 0) is 34.0 Å². The van der Waals surface area contributed by atoms with Crippen LogP contribution in [0.15, 0.2) is 44.9 Å². The van der Waals surface area contributed by atoms with Crippen molar-refractivity contribution in [1.82, 2.24) is 0 Å². The van der Waals surface area contributed by atoms with Gasteiger partial charge in [-0.1, -0.05) is 23.8 Å². The predicted octanol–water partition coefficient (Wildman–Crippen LogP) is 4.45. The highest BCUT2D eigenvalue weighted by molar-refractivity contribution is 8.11. The Labute approximate surface area is 87.9 Å². The molecule has 2 aliphatic rings. The third kappa shape index (κ3) is 2.82. The molecule has 0 saturated heterocycles. The van der Waals surface area contributed by atoms with Crippen molar-refractivity contribution >= 4 is 23.5 Å². The largest absolute Gasteiger partial charge is 0.105 e. The fourth-order valence-electron chi connectivity index (χ4n) is 1.40. The van der Waals surface area contributed by atoms with E-state index in [1.807, 2.05) is 11.8 Å². The van der Waals surface area contributed by atoms with Gasteiger partial charge in [0.1, 0.15) is 0 Å². The first-order chi connectivity index (χ1) is 6.45. The smallest absolute Gasteiger partial charge is 0.000492 e. The molecule has 0 bridgehead atoms. The van der Waals surface area contributed by atoms with Crippen molar-refractivity contribution in [3.8, 4) is 0 Å². The molecule has 2 heteroatoms. The minimum absolute atomic E-state index is 1.15. The van der Waals surface area contributed by atoms with E-state index in [0.29, 0.717) is 0 Å². The fraction of sp³-hybridized carbons (Fsp3) is 0.273. The van der Waals surface area contributed by atoms with Crippen LogP contribution in [0.1, 0.15) is 19.3 Å². The van der Waals surface area contributed by atoms with Gasteiger partial charge in [0.2, 0.25) is 0 Å². The molecule has 0 aromatic heterocycles. The second-order valence-corrected chi connectivity index (χ2v) is 4.89. The molecule has 0 fully saturated rings. The molecule has 0 amide bonds. The Morgan fingerprint density at radius 1 is 1.31 bits per heavy atom. The third-order valence-corrected chi connectivity index (χ3v) is 3.93. The average molecular weight is 208 g/mol. The first kappa shape index (κ1) is 9.22. The molecule has 0 unspecified atom stereocenters. The van der Waals surface area contributed by atoms with Crippen molar-refractivity contribution in [2.24, 2.45) is 0 Å². The van der Waals surface area contributed by atoms with Crippen LogP contribution < -0.4 is 0 Å². The van der Waals surface area contributed by atoms with Crippen LogP contribution in [-0.2, 0) is 0 Å². The second kappa shape index (κ2) is 4.77. The van der Waals surface area contributed by atoms with Crippen molar-refractivity contribution in [3.63, 3.8) is 0 Å². The van der Waals surface area contributed by atoms with Gasteiger partial charge in [0, 0.05) is 6.42 Å². The Hall–Kier alpha value is -0.340. The maximum Gasteiger partial charge on any atom is 0.000492 e. The summed E-state index contributed by atoms with van der Waals surface area (Å²) in [7, 11) is 0. The van der Waals surface area contributed by atoms with Crippen LogP contribution in [0.3, 0.4) is 0 Å². The quantitative estimate of drug-likeness (QED) is 0.657. The molecule has 1 aliphatic carbocycles. The topological polar surface area (TPSA) is 0 Å². The monoisotopic (exact) mass is 208 g/mol. The molecule has 0 nitrogen and oxygen atoms in total. The van der Waals surface area contributed by atoms with Crippen molar-refractivity contribution in [2.75, 3.05) is 0 Å². The molecule has 0 N–H and O–H groups in total.